The van der Waals surface area contributed by atoms with Crippen LogP contribution in [0.1, 0.15) is 10.4 Å². The number of H-pyrrole nitrogens is 1. The largest absolute Gasteiger partial charge is 0.398 e. The molecule has 142 valence electrons. The van der Waals surface area contributed by atoms with E-state index in [0.717, 1.165) is 26.0 Å². The molecule has 2 aromatic carbocycles. The summed E-state index contributed by atoms with van der Waals surface area (Å²) in [6.07, 6.45) is 1.79. The highest BCUT2D eigenvalue weighted by molar-refractivity contribution is 7.21. The molecule has 0 aliphatic carbocycles. The zero-order chi connectivity index (χ0) is 20.0. The monoisotopic (exact) mass is 399 g/mol. The molecular formula is C21H17N7S. The number of anilines is 4. The summed E-state index contributed by atoms with van der Waals surface area (Å²) in [6.45, 7) is 0. The van der Waals surface area contributed by atoms with Crippen LogP contribution in [0.5, 0.6) is 0 Å². The number of aromatic amines is 1. The number of aromatic nitrogens is 3. The number of nitrogens with one attached hydrogen (secondary N) is 3. The quantitative estimate of drug-likeness (QED) is 0.224. The number of rotatable bonds is 4. The third-order valence-corrected chi connectivity index (χ3v) is 5.82. The van der Waals surface area contributed by atoms with Gasteiger partial charge >= 0.3 is 0 Å². The molecule has 0 fully saturated rings. The molecule has 7 N–H and O–H groups in total. The van der Waals surface area contributed by atoms with E-state index in [9.17, 15) is 0 Å². The van der Waals surface area contributed by atoms with Crippen LogP contribution in [0.4, 0.5) is 23.1 Å². The number of benzene rings is 2. The van der Waals surface area contributed by atoms with Crippen LogP contribution in [0.2, 0.25) is 0 Å². The van der Waals surface area contributed by atoms with Crippen LogP contribution < -0.4 is 16.8 Å². The van der Waals surface area contributed by atoms with Crippen molar-refractivity contribution in [2.45, 2.75) is 0 Å². The van der Waals surface area contributed by atoms with Gasteiger partial charge in [-0.2, -0.15) is 9.97 Å². The van der Waals surface area contributed by atoms with Gasteiger partial charge < -0.3 is 21.8 Å². The van der Waals surface area contributed by atoms with Crippen LogP contribution in [0.3, 0.4) is 0 Å². The Morgan fingerprint density at radius 1 is 1.03 bits per heavy atom. The van der Waals surface area contributed by atoms with Crippen LogP contribution in [0, 0.1) is 5.41 Å². The first-order valence-corrected chi connectivity index (χ1v) is 9.75. The predicted molar refractivity (Wildman–Crippen MR) is 120 cm³/mol. The number of nitrogens with two attached hydrogens (primary N) is 2. The first kappa shape index (κ1) is 17.2. The van der Waals surface area contributed by atoms with Crippen molar-refractivity contribution in [2.75, 3.05) is 16.8 Å². The summed E-state index contributed by atoms with van der Waals surface area (Å²) < 4.78 is 1.14. The lowest BCUT2D eigenvalue weighted by Crippen LogP contribution is -2.06. The van der Waals surface area contributed by atoms with Gasteiger partial charge in [-0.05, 0) is 41.8 Å². The summed E-state index contributed by atoms with van der Waals surface area (Å²) in [5, 5.41) is 13.9. The second-order valence-corrected chi connectivity index (χ2v) is 7.70. The summed E-state index contributed by atoms with van der Waals surface area (Å²) in [7, 11) is 0. The van der Waals surface area contributed by atoms with Crippen LogP contribution >= 0.6 is 11.3 Å². The Labute approximate surface area is 169 Å². The Hall–Kier alpha value is -3.91. The van der Waals surface area contributed by atoms with Gasteiger partial charge in [0, 0.05) is 27.8 Å². The first-order chi connectivity index (χ1) is 14.1. The number of fused-ring (bicyclic) bond motifs is 2. The molecule has 29 heavy (non-hydrogen) atoms. The van der Waals surface area contributed by atoms with Gasteiger partial charge in [0.1, 0.15) is 11.5 Å². The normalized spacial score (nSPS) is 11.2. The summed E-state index contributed by atoms with van der Waals surface area (Å²) in [5.41, 5.74) is 15.0. The molecule has 0 saturated heterocycles. The fourth-order valence-electron chi connectivity index (χ4n) is 3.28. The molecule has 3 aromatic heterocycles. The number of thiophene rings is 1. The van der Waals surface area contributed by atoms with Crippen LogP contribution in [0.15, 0.2) is 60.8 Å². The highest BCUT2D eigenvalue weighted by Crippen LogP contribution is 2.31. The zero-order valence-electron chi connectivity index (χ0n) is 15.2. The molecule has 0 unspecified atom stereocenters. The standard InChI is InChI=1S/C21H17N7S/c22-15-6-5-12(26-20-13-7-8-25-19(13)27-21(24)28-20)10-14(15)18(23)17-9-11-3-1-2-4-16(11)29-17/h1-10,23H,22H2,(H4,24,25,26,27,28). The van der Waals surface area contributed by atoms with Gasteiger partial charge in [-0.15, -0.1) is 11.3 Å². The topological polar surface area (TPSA) is 129 Å². The number of nitrogens with zero attached hydrogens (tertiary/aromatic N) is 2. The molecule has 5 rings (SSSR count). The van der Waals surface area contributed by atoms with Gasteiger partial charge in [0.2, 0.25) is 5.95 Å². The summed E-state index contributed by atoms with van der Waals surface area (Å²) >= 11 is 1.58. The number of nitrogen functional groups attached to an aromatic ring is 2. The van der Waals surface area contributed by atoms with Crippen molar-refractivity contribution in [1.29, 1.82) is 5.41 Å². The molecule has 0 aliphatic heterocycles. The highest BCUT2D eigenvalue weighted by atomic mass is 32.1. The molecule has 3 heterocycles. The third kappa shape index (κ3) is 3.05. The lowest BCUT2D eigenvalue weighted by atomic mass is 10.1. The van der Waals surface area contributed by atoms with Gasteiger partial charge in [-0.3, -0.25) is 5.41 Å². The molecule has 5 aromatic rings. The van der Waals surface area contributed by atoms with E-state index < -0.39 is 0 Å². The van der Waals surface area contributed by atoms with E-state index >= 15 is 0 Å². The van der Waals surface area contributed by atoms with E-state index in [1.165, 1.54) is 0 Å². The summed E-state index contributed by atoms with van der Waals surface area (Å²) in [4.78, 5) is 12.4. The van der Waals surface area contributed by atoms with Crippen LogP contribution in [-0.4, -0.2) is 20.7 Å². The second-order valence-electron chi connectivity index (χ2n) is 6.62. The lowest BCUT2D eigenvalue weighted by Gasteiger charge is -2.11. The Bertz CT molecular complexity index is 1350. The molecule has 0 saturated carbocycles. The van der Waals surface area contributed by atoms with Gasteiger partial charge in [0.05, 0.1) is 16.0 Å². The van der Waals surface area contributed by atoms with E-state index in [-0.39, 0.29) is 5.95 Å². The molecule has 8 heteroatoms. The van der Waals surface area contributed by atoms with Gasteiger partial charge in [-0.25, -0.2) is 0 Å². The van der Waals surface area contributed by atoms with E-state index in [0.29, 0.717) is 28.4 Å². The Morgan fingerprint density at radius 3 is 2.76 bits per heavy atom. The number of hydrogen-bond acceptors (Lipinski definition) is 7. The molecule has 0 atom stereocenters. The van der Waals surface area contributed by atoms with Crippen molar-refractivity contribution >= 4 is 61.3 Å². The minimum atomic E-state index is 0.177. The third-order valence-electron chi connectivity index (χ3n) is 4.69. The Kier molecular flexibility index (Phi) is 3.92. The van der Waals surface area contributed by atoms with Crippen molar-refractivity contribution in [3.05, 3.63) is 71.2 Å². The van der Waals surface area contributed by atoms with Crippen molar-refractivity contribution in [3.63, 3.8) is 0 Å². The van der Waals surface area contributed by atoms with E-state index in [1.807, 2.05) is 42.5 Å². The van der Waals surface area contributed by atoms with Gasteiger partial charge in [0.15, 0.2) is 0 Å². The van der Waals surface area contributed by atoms with Crippen LogP contribution in [0.25, 0.3) is 21.1 Å². The highest BCUT2D eigenvalue weighted by Gasteiger charge is 2.14. The minimum Gasteiger partial charge on any atom is -0.398 e. The maximum Gasteiger partial charge on any atom is 0.224 e. The Morgan fingerprint density at radius 2 is 1.90 bits per heavy atom. The fourth-order valence-corrected chi connectivity index (χ4v) is 4.31. The van der Waals surface area contributed by atoms with E-state index in [4.69, 9.17) is 16.9 Å². The molecular weight excluding hydrogens is 382 g/mol. The Balaban J connectivity index is 1.53. The zero-order valence-corrected chi connectivity index (χ0v) is 16.0. The summed E-state index contributed by atoms with van der Waals surface area (Å²) in [6, 6.07) is 17.5. The van der Waals surface area contributed by atoms with Crippen molar-refractivity contribution in [2.24, 2.45) is 0 Å². The predicted octanol–water partition coefficient (Wildman–Crippen LogP) is 4.50. The maximum absolute atomic E-state index is 8.71. The molecule has 0 radical (unpaired) electrons. The average molecular weight is 399 g/mol. The van der Waals surface area contributed by atoms with E-state index in [2.05, 4.69) is 26.3 Å². The van der Waals surface area contributed by atoms with Gasteiger partial charge in [-0.1, -0.05) is 18.2 Å². The molecule has 0 amide bonds. The lowest BCUT2D eigenvalue weighted by molar-refractivity contribution is 1.21. The number of hydrogen-bond donors (Lipinski definition) is 5. The first-order valence-electron chi connectivity index (χ1n) is 8.93. The SMILES string of the molecule is N=C(c1cc2ccccc2s1)c1cc(Nc2nc(N)nc3[nH]ccc23)ccc1N. The van der Waals surface area contributed by atoms with Crippen molar-refractivity contribution < 1.29 is 0 Å². The fraction of sp³-hybridized carbons (Fsp3) is 0. The minimum absolute atomic E-state index is 0.177. The molecule has 0 bridgehead atoms. The van der Waals surface area contributed by atoms with Crippen LogP contribution in [-0.2, 0) is 0 Å². The summed E-state index contributed by atoms with van der Waals surface area (Å²) in [5.74, 6) is 0.772. The molecule has 7 nitrogen and oxygen atoms in total. The smallest absolute Gasteiger partial charge is 0.224 e. The second kappa shape index (κ2) is 6.61. The maximum atomic E-state index is 8.71. The van der Waals surface area contributed by atoms with E-state index in [1.54, 1.807) is 23.6 Å². The van der Waals surface area contributed by atoms with Crippen molar-refractivity contribution in [3.8, 4) is 0 Å². The van der Waals surface area contributed by atoms with Gasteiger partial charge in [0.25, 0.3) is 0 Å². The molecule has 0 aliphatic rings. The molecule has 0 spiro atoms. The van der Waals surface area contributed by atoms with Crippen molar-refractivity contribution in [1.82, 2.24) is 15.0 Å². The average Bonchev–Trinajstić information content (AvgIpc) is 3.35.